The maximum atomic E-state index is 5.98. The van der Waals surface area contributed by atoms with Crippen molar-refractivity contribution in [1.29, 1.82) is 0 Å². The SMILES string of the molecule is Clc1cc2c(NC3CCNCC3)cccc2cn1. The van der Waals surface area contributed by atoms with Crippen molar-refractivity contribution < 1.29 is 0 Å². The molecule has 1 aromatic carbocycles. The Balaban J connectivity index is 1.92. The van der Waals surface area contributed by atoms with E-state index in [1.165, 1.54) is 0 Å². The van der Waals surface area contributed by atoms with E-state index < -0.39 is 0 Å². The standard InChI is InChI=1S/C14H16ClN3/c15-14-8-12-10(9-17-14)2-1-3-13(12)18-11-4-6-16-7-5-11/h1-3,8-9,11,16,18H,4-7H2. The Morgan fingerprint density at radius 1 is 1.28 bits per heavy atom. The van der Waals surface area contributed by atoms with Crippen LogP contribution in [0.2, 0.25) is 5.15 Å². The number of aromatic nitrogens is 1. The molecule has 3 nitrogen and oxygen atoms in total. The number of benzene rings is 1. The smallest absolute Gasteiger partial charge is 0.129 e. The van der Waals surface area contributed by atoms with Crippen LogP contribution in [0.3, 0.4) is 0 Å². The molecule has 0 radical (unpaired) electrons. The molecule has 0 bridgehead atoms. The highest BCUT2D eigenvalue weighted by Gasteiger charge is 2.13. The molecule has 2 aromatic rings. The topological polar surface area (TPSA) is 37.0 Å². The highest BCUT2D eigenvalue weighted by Crippen LogP contribution is 2.26. The van der Waals surface area contributed by atoms with Crippen molar-refractivity contribution in [2.75, 3.05) is 18.4 Å². The minimum absolute atomic E-state index is 0.544. The normalized spacial score (nSPS) is 16.9. The van der Waals surface area contributed by atoms with Crippen LogP contribution in [0, 0.1) is 0 Å². The van der Waals surface area contributed by atoms with Crippen LogP contribution in [0.25, 0.3) is 10.8 Å². The summed E-state index contributed by atoms with van der Waals surface area (Å²) in [6.07, 6.45) is 4.15. The van der Waals surface area contributed by atoms with Gasteiger partial charge in [0.15, 0.2) is 0 Å². The molecular formula is C14H16ClN3. The van der Waals surface area contributed by atoms with Gasteiger partial charge in [-0.2, -0.15) is 0 Å². The van der Waals surface area contributed by atoms with Gasteiger partial charge in [-0.05, 0) is 38.1 Å². The van der Waals surface area contributed by atoms with Crippen molar-refractivity contribution in [3.63, 3.8) is 0 Å². The van der Waals surface area contributed by atoms with E-state index in [0.717, 1.165) is 42.4 Å². The van der Waals surface area contributed by atoms with Gasteiger partial charge in [-0.1, -0.05) is 23.7 Å². The molecule has 0 saturated carbocycles. The minimum Gasteiger partial charge on any atom is -0.382 e. The monoisotopic (exact) mass is 261 g/mol. The minimum atomic E-state index is 0.544. The molecule has 0 unspecified atom stereocenters. The summed E-state index contributed by atoms with van der Waals surface area (Å²) in [4.78, 5) is 4.12. The van der Waals surface area contributed by atoms with E-state index in [-0.39, 0.29) is 0 Å². The van der Waals surface area contributed by atoms with E-state index in [0.29, 0.717) is 11.2 Å². The van der Waals surface area contributed by atoms with Gasteiger partial charge in [0.05, 0.1) is 0 Å². The largest absolute Gasteiger partial charge is 0.382 e. The van der Waals surface area contributed by atoms with Crippen molar-refractivity contribution >= 4 is 28.1 Å². The van der Waals surface area contributed by atoms with Crippen LogP contribution in [-0.2, 0) is 0 Å². The quantitative estimate of drug-likeness (QED) is 0.816. The van der Waals surface area contributed by atoms with Gasteiger partial charge in [0.25, 0.3) is 0 Å². The third kappa shape index (κ3) is 2.42. The molecule has 1 aromatic heterocycles. The van der Waals surface area contributed by atoms with E-state index in [4.69, 9.17) is 11.6 Å². The summed E-state index contributed by atoms with van der Waals surface area (Å²) in [6, 6.07) is 8.71. The first kappa shape index (κ1) is 11.8. The Morgan fingerprint density at radius 3 is 2.94 bits per heavy atom. The van der Waals surface area contributed by atoms with Gasteiger partial charge in [-0.3, -0.25) is 0 Å². The molecule has 0 amide bonds. The van der Waals surface area contributed by atoms with Crippen LogP contribution in [0.5, 0.6) is 0 Å². The van der Waals surface area contributed by atoms with Crippen LogP contribution < -0.4 is 10.6 Å². The third-order valence-electron chi connectivity index (χ3n) is 3.43. The van der Waals surface area contributed by atoms with Crippen molar-refractivity contribution in [2.45, 2.75) is 18.9 Å². The number of piperidine rings is 1. The highest BCUT2D eigenvalue weighted by atomic mass is 35.5. The fourth-order valence-corrected chi connectivity index (χ4v) is 2.61. The Labute approximate surface area is 112 Å². The number of nitrogens with one attached hydrogen (secondary N) is 2. The summed E-state index contributed by atoms with van der Waals surface area (Å²) in [6.45, 7) is 2.18. The van der Waals surface area contributed by atoms with Gasteiger partial charge in [-0.25, -0.2) is 4.98 Å². The first-order valence-corrected chi connectivity index (χ1v) is 6.72. The molecule has 94 valence electrons. The maximum absolute atomic E-state index is 5.98. The summed E-state index contributed by atoms with van der Waals surface area (Å²) in [7, 11) is 0. The summed E-state index contributed by atoms with van der Waals surface area (Å²) in [5.74, 6) is 0. The van der Waals surface area contributed by atoms with Gasteiger partial charge >= 0.3 is 0 Å². The number of anilines is 1. The van der Waals surface area contributed by atoms with Crippen LogP contribution in [0.15, 0.2) is 30.5 Å². The van der Waals surface area contributed by atoms with E-state index in [2.05, 4.69) is 33.8 Å². The fraction of sp³-hybridized carbons (Fsp3) is 0.357. The third-order valence-corrected chi connectivity index (χ3v) is 3.64. The Hall–Kier alpha value is -1.32. The number of hydrogen-bond acceptors (Lipinski definition) is 3. The second-order valence-corrected chi connectivity index (χ2v) is 5.09. The lowest BCUT2D eigenvalue weighted by atomic mass is 10.0. The molecule has 3 rings (SSSR count). The Morgan fingerprint density at radius 2 is 2.11 bits per heavy atom. The number of fused-ring (bicyclic) bond motifs is 1. The molecule has 1 saturated heterocycles. The second kappa shape index (κ2) is 5.12. The number of hydrogen-bond donors (Lipinski definition) is 2. The van der Waals surface area contributed by atoms with Gasteiger partial charge in [0.1, 0.15) is 5.15 Å². The molecule has 1 aliphatic heterocycles. The lowest BCUT2D eigenvalue weighted by Crippen LogP contribution is -2.35. The highest BCUT2D eigenvalue weighted by molar-refractivity contribution is 6.30. The van der Waals surface area contributed by atoms with Crippen LogP contribution >= 0.6 is 11.6 Å². The summed E-state index contributed by atoms with van der Waals surface area (Å²) in [5.41, 5.74) is 1.16. The second-order valence-electron chi connectivity index (χ2n) is 4.70. The van der Waals surface area contributed by atoms with Gasteiger partial charge in [-0.15, -0.1) is 0 Å². The summed E-state index contributed by atoms with van der Waals surface area (Å²) < 4.78 is 0. The zero-order valence-corrected chi connectivity index (χ0v) is 10.9. The van der Waals surface area contributed by atoms with E-state index in [1.807, 2.05) is 12.3 Å². The van der Waals surface area contributed by atoms with Crippen LogP contribution in [0.1, 0.15) is 12.8 Å². The van der Waals surface area contributed by atoms with Gasteiger partial charge in [0.2, 0.25) is 0 Å². The predicted octanol–water partition coefficient (Wildman–Crippen LogP) is 3.05. The molecule has 18 heavy (non-hydrogen) atoms. The first-order chi connectivity index (χ1) is 8.83. The molecule has 4 heteroatoms. The zero-order valence-electron chi connectivity index (χ0n) is 10.1. The first-order valence-electron chi connectivity index (χ1n) is 6.34. The van der Waals surface area contributed by atoms with Crippen molar-refractivity contribution in [3.05, 3.63) is 35.6 Å². The maximum Gasteiger partial charge on any atom is 0.129 e. The Bertz CT molecular complexity index is 550. The van der Waals surface area contributed by atoms with E-state index in [9.17, 15) is 0 Å². The molecular weight excluding hydrogens is 246 g/mol. The van der Waals surface area contributed by atoms with Gasteiger partial charge in [0, 0.05) is 28.7 Å². The lowest BCUT2D eigenvalue weighted by molar-refractivity contribution is 0.479. The van der Waals surface area contributed by atoms with Crippen molar-refractivity contribution in [3.8, 4) is 0 Å². The molecule has 1 aliphatic rings. The molecule has 0 aliphatic carbocycles. The van der Waals surface area contributed by atoms with E-state index >= 15 is 0 Å². The molecule has 2 N–H and O–H groups in total. The average molecular weight is 262 g/mol. The molecule has 0 spiro atoms. The summed E-state index contributed by atoms with van der Waals surface area (Å²) in [5, 5.41) is 9.82. The fourth-order valence-electron chi connectivity index (χ4n) is 2.46. The molecule has 2 heterocycles. The lowest BCUT2D eigenvalue weighted by Gasteiger charge is -2.25. The molecule has 0 atom stereocenters. The Kier molecular flexibility index (Phi) is 3.35. The summed E-state index contributed by atoms with van der Waals surface area (Å²) >= 11 is 5.98. The van der Waals surface area contributed by atoms with Crippen molar-refractivity contribution in [1.82, 2.24) is 10.3 Å². The van der Waals surface area contributed by atoms with Gasteiger partial charge < -0.3 is 10.6 Å². The number of pyridine rings is 1. The predicted molar refractivity (Wildman–Crippen MR) is 76.3 cm³/mol. The number of nitrogens with zero attached hydrogens (tertiary/aromatic N) is 1. The number of rotatable bonds is 2. The van der Waals surface area contributed by atoms with Crippen LogP contribution in [-0.4, -0.2) is 24.1 Å². The molecule has 1 fully saturated rings. The zero-order chi connectivity index (χ0) is 12.4. The van der Waals surface area contributed by atoms with E-state index in [1.54, 1.807) is 0 Å². The van der Waals surface area contributed by atoms with Crippen LogP contribution in [0.4, 0.5) is 5.69 Å². The van der Waals surface area contributed by atoms with Crippen molar-refractivity contribution in [2.24, 2.45) is 0 Å². The average Bonchev–Trinajstić information content (AvgIpc) is 2.41. The number of halogens is 1.